The Balaban J connectivity index is 1.34. The van der Waals surface area contributed by atoms with Gasteiger partial charge in [-0.05, 0) is 42.5 Å². The Kier molecular flexibility index (Phi) is 6.13. The zero-order valence-corrected chi connectivity index (χ0v) is 18.9. The standard InChI is InChI=1S/C26H20N4O3S/c31-24-15-14-22(29-30(24)16-17-33-18-8-2-1-3-9-18)25(32)27-20-11-5-4-10-19(20)26-28-21-12-6-7-13-23(21)34-26/h1-15H,16-17H2,(H,27,32). The summed E-state index contributed by atoms with van der Waals surface area (Å²) in [7, 11) is 0. The van der Waals surface area contributed by atoms with Crippen LogP contribution in [0.4, 0.5) is 5.69 Å². The lowest BCUT2D eigenvalue weighted by atomic mass is 10.2. The van der Waals surface area contributed by atoms with E-state index < -0.39 is 5.91 Å². The molecule has 0 saturated carbocycles. The van der Waals surface area contributed by atoms with Crippen LogP contribution < -0.4 is 15.6 Å². The second-order valence-electron chi connectivity index (χ2n) is 7.43. The van der Waals surface area contributed by atoms with Crippen molar-refractivity contribution in [2.75, 3.05) is 11.9 Å². The quantitative estimate of drug-likeness (QED) is 0.369. The third-order valence-electron chi connectivity index (χ3n) is 5.11. The van der Waals surface area contributed by atoms with Gasteiger partial charge in [0.2, 0.25) is 0 Å². The number of carbonyl (C=O) groups excluding carboxylic acids is 1. The minimum Gasteiger partial charge on any atom is -0.492 e. The fourth-order valence-corrected chi connectivity index (χ4v) is 4.45. The van der Waals surface area contributed by atoms with Gasteiger partial charge < -0.3 is 10.1 Å². The van der Waals surface area contributed by atoms with Crippen LogP contribution in [0.15, 0.2) is 95.8 Å². The number of amides is 1. The van der Waals surface area contributed by atoms with Gasteiger partial charge in [-0.1, -0.05) is 42.5 Å². The lowest BCUT2D eigenvalue weighted by Crippen LogP contribution is -2.28. The number of thiazole rings is 1. The Hall–Kier alpha value is -4.30. The maximum absolute atomic E-state index is 13.0. The van der Waals surface area contributed by atoms with E-state index in [4.69, 9.17) is 9.72 Å². The predicted octanol–water partition coefficient (Wildman–Crippen LogP) is 4.85. The lowest BCUT2D eigenvalue weighted by molar-refractivity contribution is 0.101. The van der Waals surface area contributed by atoms with E-state index in [0.29, 0.717) is 11.4 Å². The summed E-state index contributed by atoms with van der Waals surface area (Å²) >= 11 is 1.56. The number of hydrogen-bond acceptors (Lipinski definition) is 6. The summed E-state index contributed by atoms with van der Waals surface area (Å²) < 4.78 is 7.95. The van der Waals surface area contributed by atoms with Gasteiger partial charge in [-0.15, -0.1) is 11.3 Å². The van der Waals surface area contributed by atoms with Crippen LogP contribution in [0.2, 0.25) is 0 Å². The highest BCUT2D eigenvalue weighted by molar-refractivity contribution is 7.21. The highest BCUT2D eigenvalue weighted by Crippen LogP contribution is 2.34. The number of hydrogen-bond donors (Lipinski definition) is 1. The summed E-state index contributed by atoms with van der Waals surface area (Å²) in [4.78, 5) is 29.9. The van der Waals surface area contributed by atoms with Crippen LogP contribution in [-0.2, 0) is 6.54 Å². The maximum Gasteiger partial charge on any atom is 0.276 e. The van der Waals surface area contributed by atoms with Gasteiger partial charge in [0, 0.05) is 11.6 Å². The number of rotatable bonds is 7. The molecule has 0 bridgehead atoms. The largest absolute Gasteiger partial charge is 0.492 e. The topological polar surface area (TPSA) is 86.1 Å². The van der Waals surface area contributed by atoms with E-state index in [1.807, 2.05) is 78.9 Å². The second kappa shape index (κ2) is 9.68. The summed E-state index contributed by atoms with van der Waals surface area (Å²) in [6.45, 7) is 0.472. The molecule has 0 aliphatic heterocycles. The molecule has 168 valence electrons. The van der Waals surface area contributed by atoms with E-state index in [1.54, 1.807) is 11.3 Å². The first-order valence-electron chi connectivity index (χ1n) is 10.7. The Morgan fingerprint density at radius 2 is 1.68 bits per heavy atom. The number of nitrogens with one attached hydrogen (secondary N) is 1. The van der Waals surface area contributed by atoms with Crippen molar-refractivity contribution in [1.29, 1.82) is 0 Å². The smallest absolute Gasteiger partial charge is 0.276 e. The van der Waals surface area contributed by atoms with Gasteiger partial charge in [0.15, 0.2) is 0 Å². The number of para-hydroxylation sites is 3. The first-order valence-corrected chi connectivity index (χ1v) is 11.5. The van der Waals surface area contributed by atoms with Crippen LogP contribution >= 0.6 is 11.3 Å². The molecule has 0 aliphatic rings. The lowest BCUT2D eigenvalue weighted by Gasteiger charge is -2.11. The molecule has 0 saturated heterocycles. The molecular weight excluding hydrogens is 448 g/mol. The zero-order valence-electron chi connectivity index (χ0n) is 18.0. The Morgan fingerprint density at radius 3 is 2.53 bits per heavy atom. The van der Waals surface area contributed by atoms with Crippen molar-refractivity contribution < 1.29 is 9.53 Å². The molecule has 0 unspecified atom stereocenters. The minimum absolute atomic E-state index is 0.137. The van der Waals surface area contributed by atoms with Gasteiger partial charge in [0.1, 0.15) is 23.1 Å². The van der Waals surface area contributed by atoms with Crippen LogP contribution in [-0.4, -0.2) is 27.3 Å². The Morgan fingerprint density at radius 1 is 0.912 bits per heavy atom. The monoisotopic (exact) mass is 468 g/mol. The SMILES string of the molecule is O=C(Nc1ccccc1-c1nc2ccccc2s1)c1ccc(=O)n(CCOc2ccccc2)n1. The van der Waals surface area contributed by atoms with Gasteiger partial charge in [-0.3, -0.25) is 9.59 Å². The Labute approximate surface area is 199 Å². The number of fused-ring (bicyclic) bond motifs is 1. The van der Waals surface area contributed by atoms with Crippen molar-refractivity contribution in [3.63, 3.8) is 0 Å². The number of aromatic nitrogens is 3. The van der Waals surface area contributed by atoms with Gasteiger partial charge in [0.25, 0.3) is 11.5 Å². The fraction of sp³-hybridized carbons (Fsp3) is 0.0769. The van der Waals surface area contributed by atoms with Crippen molar-refractivity contribution in [3.8, 4) is 16.3 Å². The molecule has 1 N–H and O–H groups in total. The number of carbonyl (C=O) groups is 1. The molecule has 7 nitrogen and oxygen atoms in total. The van der Waals surface area contributed by atoms with Crippen molar-refractivity contribution in [3.05, 3.63) is 107 Å². The van der Waals surface area contributed by atoms with Crippen molar-refractivity contribution >= 4 is 33.1 Å². The maximum atomic E-state index is 13.0. The molecule has 0 spiro atoms. The molecule has 0 atom stereocenters. The normalized spacial score (nSPS) is 10.8. The molecule has 0 aliphatic carbocycles. The summed E-state index contributed by atoms with van der Waals surface area (Å²) in [5, 5.41) is 7.97. The van der Waals surface area contributed by atoms with Crippen molar-refractivity contribution in [2.45, 2.75) is 6.54 Å². The first-order chi connectivity index (χ1) is 16.7. The number of nitrogens with zero attached hydrogens (tertiary/aromatic N) is 3. The number of ether oxygens (including phenoxy) is 1. The predicted molar refractivity (Wildman–Crippen MR) is 133 cm³/mol. The average Bonchev–Trinajstić information content (AvgIpc) is 3.30. The summed E-state index contributed by atoms with van der Waals surface area (Å²) in [6.07, 6.45) is 0. The molecule has 1 amide bonds. The van der Waals surface area contributed by atoms with Crippen molar-refractivity contribution in [2.24, 2.45) is 0 Å². The molecule has 2 heterocycles. The molecule has 5 rings (SSSR count). The van der Waals surface area contributed by atoms with Gasteiger partial charge in [-0.2, -0.15) is 5.10 Å². The fourth-order valence-electron chi connectivity index (χ4n) is 3.45. The third-order valence-corrected chi connectivity index (χ3v) is 6.18. The third kappa shape index (κ3) is 4.72. The van der Waals surface area contributed by atoms with Crippen LogP contribution in [0, 0.1) is 0 Å². The van der Waals surface area contributed by atoms with Crippen LogP contribution in [0.25, 0.3) is 20.8 Å². The van der Waals surface area contributed by atoms with Crippen LogP contribution in [0.5, 0.6) is 5.75 Å². The first kappa shape index (κ1) is 21.5. The van der Waals surface area contributed by atoms with E-state index in [-0.39, 0.29) is 24.4 Å². The Bertz CT molecular complexity index is 1480. The molecule has 8 heteroatoms. The van der Waals surface area contributed by atoms with Crippen molar-refractivity contribution in [1.82, 2.24) is 14.8 Å². The molecule has 0 fully saturated rings. The second-order valence-corrected chi connectivity index (χ2v) is 8.46. The van der Waals surface area contributed by atoms with E-state index >= 15 is 0 Å². The highest BCUT2D eigenvalue weighted by atomic mass is 32.1. The summed E-state index contributed by atoms with van der Waals surface area (Å²) in [6, 6.07) is 27.5. The van der Waals surface area contributed by atoms with Gasteiger partial charge in [0.05, 0.1) is 22.4 Å². The number of anilines is 1. The van der Waals surface area contributed by atoms with Crippen LogP contribution in [0.1, 0.15) is 10.5 Å². The highest BCUT2D eigenvalue weighted by Gasteiger charge is 2.15. The summed E-state index contributed by atoms with van der Waals surface area (Å²) in [5.41, 5.74) is 2.19. The molecule has 34 heavy (non-hydrogen) atoms. The molecule has 5 aromatic rings. The van der Waals surface area contributed by atoms with Gasteiger partial charge in [-0.25, -0.2) is 9.67 Å². The molecule has 0 radical (unpaired) electrons. The van der Waals surface area contributed by atoms with E-state index in [1.165, 1.54) is 16.8 Å². The van der Waals surface area contributed by atoms with E-state index in [2.05, 4.69) is 10.4 Å². The zero-order chi connectivity index (χ0) is 23.3. The van der Waals surface area contributed by atoms with E-state index in [9.17, 15) is 9.59 Å². The minimum atomic E-state index is -0.411. The number of benzene rings is 3. The molecular formula is C26H20N4O3S. The molecule has 2 aromatic heterocycles. The molecule has 3 aromatic carbocycles. The summed E-state index contributed by atoms with van der Waals surface area (Å²) in [5.74, 6) is 0.294. The van der Waals surface area contributed by atoms with Gasteiger partial charge >= 0.3 is 0 Å². The van der Waals surface area contributed by atoms with Crippen LogP contribution in [0.3, 0.4) is 0 Å². The van der Waals surface area contributed by atoms with E-state index in [0.717, 1.165) is 20.8 Å². The average molecular weight is 469 g/mol.